The van der Waals surface area contributed by atoms with Crippen molar-refractivity contribution in [2.45, 2.75) is 4.90 Å². The van der Waals surface area contributed by atoms with Gasteiger partial charge in [-0.3, -0.25) is 0 Å². The summed E-state index contributed by atoms with van der Waals surface area (Å²) < 4.78 is 41.5. The maximum atomic E-state index is 14.0. The van der Waals surface area contributed by atoms with Crippen LogP contribution in [0.15, 0.2) is 59.6 Å². The molecule has 4 aromatic rings. The van der Waals surface area contributed by atoms with Crippen LogP contribution in [-0.2, 0) is 10.0 Å². The lowest BCUT2D eigenvalue weighted by Crippen LogP contribution is -2.29. The van der Waals surface area contributed by atoms with E-state index in [1.807, 2.05) is 6.07 Å². The van der Waals surface area contributed by atoms with Gasteiger partial charge in [-0.25, -0.2) is 22.5 Å². The summed E-state index contributed by atoms with van der Waals surface area (Å²) in [5, 5.41) is 26.9. The molecule has 12 nitrogen and oxygen atoms in total. The highest BCUT2D eigenvalue weighted by Gasteiger charge is 2.18. The smallest absolute Gasteiger partial charge is 0.240 e. The Morgan fingerprint density at radius 3 is 2.50 bits per heavy atom. The highest BCUT2D eigenvalue weighted by atomic mass is 32.2. The van der Waals surface area contributed by atoms with Crippen LogP contribution in [0.4, 0.5) is 21.8 Å². The minimum atomic E-state index is -3.88. The molecule has 3 heterocycles. The van der Waals surface area contributed by atoms with Gasteiger partial charge in [0.2, 0.25) is 15.8 Å². The Bertz CT molecular complexity index is 1270. The number of halogens is 1. The third-order valence-corrected chi connectivity index (χ3v) is 5.60. The molecule has 0 bridgehead atoms. The Labute approximate surface area is 181 Å². The van der Waals surface area contributed by atoms with E-state index in [2.05, 4.69) is 51.2 Å². The van der Waals surface area contributed by atoms with Crippen LogP contribution in [0.5, 0.6) is 0 Å². The van der Waals surface area contributed by atoms with Crippen LogP contribution >= 0.6 is 0 Å². The summed E-state index contributed by atoms with van der Waals surface area (Å²) in [7, 11) is -3.88. The Morgan fingerprint density at radius 1 is 0.938 bits per heavy atom. The number of rotatable bonds is 9. The first-order chi connectivity index (χ1) is 15.5. The summed E-state index contributed by atoms with van der Waals surface area (Å²) in [4.78, 5) is 4.02. The first kappa shape index (κ1) is 21.2. The lowest BCUT2D eigenvalue weighted by atomic mass is 10.2. The van der Waals surface area contributed by atoms with Crippen molar-refractivity contribution >= 4 is 27.5 Å². The van der Waals surface area contributed by atoms with Crippen LogP contribution in [0.2, 0.25) is 0 Å². The van der Waals surface area contributed by atoms with E-state index in [-0.39, 0.29) is 29.4 Å². The molecule has 4 N–H and O–H groups in total. The number of benzene rings is 1. The zero-order valence-corrected chi connectivity index (χ0v) is 17.2. The van der Waals surface area contributed by atoms with Crippen molar-refractivity contribution in [2.75, 3.05) is 23.7 Å². The van der Waals surface area contributed by atoms with E-state index in [1.54, 1.807) is 30.5 Å². The molecule has 4 rings (SSSR count). The molecule has 1 aromatic carbocycles. The number of hydrogen-bond donors (Lipinski definition) is 4. The molecule has 14 heteroatoms. The summed E-state index contributed by atoms with van der Waals surface area (Å²) >= 11 is 0. The number of nitrogens with one attached hydrogen (secondary N) is 4. The maximum Gasteiger partial charge on any atom is 0.240 e. The molecular formula is C18H17FN10O2S. The van der Waals surface area contributed by atoms with E-state index in [9.17, 15) is 12.8 Å². The normalized spacial score (nSPS) is 11.3. The molecule has 0 fully saturated rings. The van der Waals surface area contributed by atoms with E-state index in [0.717, 1.165) is 18.2 Å². The van der Waals surface area contributed by atoms with E-state index in [0.29, 0.717) is 17.5 Å². The highest BCUT2D eigenvalue weighted by molar-refractivity contribution is 7.89. The summed E-state index contributed by atoms with van der Waals surface area (Å²) in [6.45, 7) is 0.312. The Kier molecular flexibility index (Phi) is 6.23. The third-order valence-electron chi connectivity index (χ3n) is 4.14. The third kappa shape index (κ3) is 5.16. The van der Waals surface area contributed by atoms with Gasteiger partial charge in [0.15, 0.2) is 5.82 Å². The lowest BCUT2D eigenvalue weighted by molar-refractivity contribution is 0.582. The van der Waals surface area contributed by atoms with Crippen molar-refractivity contribution in [3.8, 4) is 11.4 Å². The van der Waals surface area contributed by atoms with E-state index < -0.39 is 15.8 Å². The second-order valence-corrected chi connectivity index (χ2v) is 8.11. The van der Waals surface area contributed by atoms with Crippen LogP contribution in [0.3, 0.4) is 0 Å². The zero-order valence-electron chi connectivity index (χ0n) is 16.4. The first-order valence-electron chi connectivity index (χ1n) is 9.30. The molecule has 0 atom stereocenters. The molecule has 164 valence electrons. The predicted octanol–water partition coefficient (Wildman–Crippen LogP) is 1.32. The molecule has 0 saturated heterocycles. The van der Waals surface area contributed by atoms with Crippen molar-refractivity contribution in [3.05, 3.63) is 60.5 Å². The predicted molar refractivity (Wildman–Crippen MR) is 113 cm³/mol. The summed E-state index contributed by atoms with van der Waals surface area (Å²) in [5.41, 5.74) is -0.0746. The fourth-order valence-corrected chi connectivity index (χ4v) is 3.70. The zero-order chi connectivity index (χ0) is 22.4. The van der Waals surface area contributed by atoms with Gasteiger partial charge >= 0.3 is 0 Å². The van der Waals surface area contributed by atoms with Gasteiger partial charge in [0.05, 0.1) is 10.5 Å². The number of hydrogen-bond acceptors (Lipinski definition) is 10. The SMILES string of the molecule is O=S(=O)(NCCNc1ccc(Nc2ccccn2)nn1)c1ccc(F)c(-c2nn[nH]n2)c1. The number of H-pyrrole nitrogens is 1. The minimum Gasteiger partial charge on any atom is -0.367 e. The molecule has 3 aromatic heterocycles. The maximum absolute atomic E-state index is 14.0. The van der Waals surface area contributed by atoms with Crippen LogP contribution in [0.25, 0.3) is 11.4 Å². The fourth-order valence-electron chi connectivity index (χ4n) is 2.64. The van der Waals surface area contributed by atoms with Crippen LogP contribution < -0.4 is 15.4 Å². The molecule has 0 radical (unpaired) electrons. The summed E-state index contributed by atoms with van der Waals surface area (Å²) in [5.74, 6) is 0.924. The number of pyridine rings is 1. The van der Waals surface area contributed by atoms with Crippen molar-refractivity contribution in [1.82, 2.24) is 40.5 Å². The molecule has 0 saturated carbocycles. The molecule has 32 heavy (non-hydrogen) atoms. The number of sulfonamides is 1. The average molecular weight is 456 g/mol. The lowest BCUT2D eigenvalue weighted by Gasteiger charge is -2.09. The van der Waals surface area contributed by atoms with Crippen LogP contribution in [0.1, 0.15) is 0 Å². The average Bonchev–Trinajstić information content (AvgIpc) is 3.33. The van der Waals surface area contributed by atoms with Crippen LogP contribution in [-0.4, -0.2) is 57.3 Å². The number of aromatic nitrogens is 7. The largest absolute Gasteiger partial charge is 0.367 e. The van der Waals surface area contributed by atoms with Gasteiger partial charge in [-0.2, -0.15) is 5.21 Å². The molecular weight excluding hydrogens is 439 g/mol. The molecule has 0 spiro atoms. The Morgan fingerprint density at radius 2 is 1.78 bits per heavy atom. The summed E-state index contributed by atoms with van der Waals surface area (Å²) in [6.07, 6.45) is 1.66. The van der Waals surface area contributed by atoms with Gasteiger partial charge < -0.3 is 10.6 Å². The van der Waals surface area contributed by atoms with E-state index in [4.69, 9.17) is 0 Å². The summed E-state index contributed by atoms with van der Waals surface area (Å²) in [6, 6.07) is 12.2. The minimum absolute atomic E-state index is 0.0410. The van der Waals surface area contributed by atoms with E-state index >= 15 is 0 Å². The topological polar surface area (TPSA) is 163 Å². The first-order valence-corrected chi connectivity index (χ1v) is 10.8. The van der Waals surface area contributed by atoms with Crippen molar-refractivity contribution in [1.29, 1.82) is 0 Å². The molecule has 0 amide bonds. The van der Waals surface area contributed by atoms with Gasteiger partial charge in [-0.05, 0) is 47.7 Å². The van der Waals surface area contributed by atoms with Gasteiger partial charge in [-0.15, -0.1) is 20.4 Å². The number of aromatic amines is 1. The second kappa shape index (κ2) is 9.40. The molecule has 0 aliphatic rings. The monoisotopic (exact) mass is 456 g/mol. The van der Waals surface area contributed by atoms with Crippen molar-refractivity contribution in [2.24, 2.45) is 0 Å². The number of anilines is 3. The molecule has 0 aliphatic carbocycles. The van der Waals surface area contributed by atoms with Gasteiger partial charge in [0, 0.05) is 19.3 Å². The standard InChI is InChI=1S/C18H17FN10O2S/c19-14-5-4-12(11-13(14)18-26-28-29-27-18)32(30,31)22-10-9-21-16-6-7-17(25-24-16)23-15-3-1-2-8-20-15/h1-8,11,22H,9-10H2,(H,21,24)(H,20,23,25)(H,26,27,28,29). The fraction of sp³-hybridized carbons (Fsp3) is 0.111. The van der Waals surface area contributed by atoms with Crippen LogP contribution in [0, 0.1) is 5.82 Å². The van der Waals surface area contributed by atoms with Gasteiger partial charge in [0.1, 0.15) is 17.5 Å². The van der Waals surface area contributed by atoms with Gasteiger partial charge in [-0.1, -0.05) is 6.07 Å². The Hall–Kier alpha value is -4.04. The molecule has 0 aliphatic heterocycles. The van der Waals surface area contributed by atoms with E-state index in [1.165, 1.54) is 0 Å². The van der Waals surface area contributed by atoms with Crippen molar-refractivity contribution in [3.63, 3.8) is 0 Å². The number of tetrazole rings is 1. The van der Waals surface area contributed by atoms with Gasteiger partial charge in [0.25, 0.3) is 0 Å². The van der Waals surface area contributed by atoms with Crippen molar-refractivity contribution < 1.29 is 12.8 Å². The second-order valence-electron chi connectivity index (χ2n) is 6.35. The number of nitrogens with zero attached hydrogens (tertiary/aromatic N) is 6. The molecule has 0 unspecified atom stereocenters. The quantitative estimate of drug-likeness (QED) is 0.270. The highest BCUT2D eigenvalue weighted by Crippen LogP contribution is 2.22. The Balaban J connectivity index is 1.31.